The molecule has 0 saturated heterocycles. The van der Waals surface area contributed by atoms with E-state index in [9.17, 15) is 4.79 Å². The van der Waals surface area contributed by atoms with Gasteiger partial charge in [0, 0.05) is 5.56 Å². The van der Waals surface area contributed by atoms with Gasteiger partial charge in [-0.15, -0.1) is 0 Å². The molecule has 0 bridgehead atoms. The van der Waals surface area contributed by atoms with Gasteiger partial charge in [-0.2, -0.15) is 0 Å². The smallest absolute Gasteiger partial charge is 0.342 e. The van der Waals surface area contributed by atoms with Gasteiger partial charge in [0.25, 0.3) is 0 Å². The van der Waals surface area contributed by atoms with Crippen LogP contribution in [-0.4, -0.2) is 30.7 Å². The van der Waals surface area contributed by atoms with Crippen molar-refractivity contribution in [3.05, 3.63) is 22.3 Å². The fourth-order valence-electron chi connectivity index (χ4n) is 2.49. The molecular weight excluding hydrogens is 272 g/mol. The van der Waals surface area contributed by atoms with Crippen LogP contribution < -0.4 is 9.16 Å². The molecule has 0 heterocycles. The van der Waals surface area contributed by atoms with E-state index in [4.69, 9.17) is 13.9 Å². The first-order valence-electron chi connectivity index (χ1n) is 6.34. The lowest BCUT2D eigenvalue weighted by Gasteiger charge is -2.28. The number of carbonyl (C=O) groups is 1. The minimum Gasteiger partial charge on any atom is -0.537 e. The Morgan fingerprint density at radius 3 is 1.95 bits per heavy atom. The molecule has 20 heavy (non-hydrogen) atoms. The molecule has 0 atom stereocenters. The van der Waals surface area contributed by atoms with Crippen molar-refractivity contribution in [2.45, 2.75) is 40.0 Å². The van der Waals surface area contributed by atoms with Crippen LogP contribution >= 0.6 is 0 Å². The van der Waals surface area contributed by atoms with E-state index in [1.165, 1.54) is 7.11 Å². The number of methoxy groups -OCH3 is 2. The van der Waals surface area contributed by atoms with Crippen LogP contribution in [0.1, 0.15) is 47.8 Å². The Morgan fingerprint density at radius 1 is 1.05 bits per heavy atom. The molecule has 0 amide bonds. The molecule has 0 aliphatic rings. The molecule has 0 aliphatic heterocycles. The lowest BCUT2D eigenvalue weighted by molar-refractivity contribution is 0.0597. The Hall–Kier alpha value is -1.49. The van der Waals surface area contributed by atoms with Crippen LogP contribution in [0.15, 0.2) is 0 Å². The molecule has 0 N–H and O–H groups in total. The highest BCUT2D eigenvalue weighted by atomic mass is 28.2. The van der Waals surface area contributed by atoms with Crippen molar-refractivity contribution in [1.82, 2.24) is 0 Å². The van der Waals surface area contributed by atoms with Crippen LogP contribution in [0.25, 0.3) is 0 Å². The van der Waals surface area contributed by atoms with Gasteiger partial charge in [-0.25, -0.2) is 4.79 Å². The second-order valence-electron chi connectivity index (χ2n) is 5.71. The van der Waals surface area contributed by atoms with E-state index in [2.05, 4.69) is 31.3 Å². The van der Waals surface area contributed by atoms with Crippen molar-refractivity contribution in [3.63, 3.8) is 0 Å². The highest BCUT2D eigenvalue weighted by molar-refractivity contribution is 6.03. The topological polar surface area (TPSA) is 44.8 Å². The summed E-state index contributed by atoms with van der Waals surface area (Å²) in [6.45, 7) is 10.1. The minimum absolute atomic E-state index is 0.145. The summed E-state index contributed by atoms with van der Waals surface area (Å²) in [7, 11) is 5.93. The predicted molar refractivity (Wildman–Crippen MR) is 78.9 cm³/mol. The van der Waals surface area contributed by atoms with E-state index in [1.807, 2.05) is 13.8 Å². The van der Waals surface area contributed by atoms with Crippen LogP contribution in [0.5, 0.6) is 11.5 Å². The zero-order chi connectivity index (χ0) is 15.7. The van der Waals surface area contributed by atoms with Crippen LogP contribution in [0, 0.1) is 13.8 Å². The van der Waals surface area contributed by atoms with Gasteiger partial charge in [-0.3, -0.25) is 0 Å². The number of hydrogen-bond donors (Lipinski definition) is 0. The van der Waals surface area contributed by atoms with Gasteiger partial charge in [-0.1, -0.05) is 20.8 Å². The second-order valence-corrected chi connectivity index (χ2v) is 5.91. The van der Waals surface area contributed by atoms with Gasteiger partial charge in [-0.05, 0) is 30.4 Å². The monoisotopic (exact) mass is 293 g/mol. The molecule has 109 valence electrons. The standard InChI is InChI=1S/C15H21O4Si/c1-8-9(2)11(15(3,4)5)13(17-6)12(19-20)10(8)14(16)18-7/h1-7H3. The molecular formula is C15H21O4Si. The molecule has 0 saturated carbocycles. The predicted octanol–water partition coefficient (Wildman–Crippen LogP) is 2.86. The summed E-state index contributed by atoms with van der Waals surface area (Å²) in [5.74, 6) is 0.456. The first-order chi connectivity index (χ1) is 9.20. The van der Waals surface area contributed by atoms with Crippen molar-refractivity contribution in [3.8, 4) is 11.5 Å². The molecule has 1 aromatic carbocycles. The minimum atomic E-state index is -0.447. The molecule has 0 spiro atoms. The number of rotatable bonds is 3. The van der Waals surface area contributed by atoms with Crippen LogP contribution in [0.2, 0.25) is 0 Å². The molecule has 0 unspecified atom stereocenters. The lowest BCUT2D eigenvalue weighted by Crippen LogP contribution is -2.19. The Morgan fingerprint density at radius 2 is 1.60 bits per heavy atom. The third kappa shape index (κ3) is 2.68. The highest BCUT2D eigenvalue weighted by Gasteiger charge is 2.31. The maximum absolute atomic E-state index is 12.0. The zero-order valence-corrected chi connectivity index (χ0v) is 14.1. The number of carbonyl (C=O) groups excluding carboxylic acids is 1. The number of ether oxygens (including phenoxy) is 2. The van der Waals surface area contributed by atoms with E-state index < -0.39 is 5.97 Å². The van der Waals surface area contributed by atoms with Gasteiger partial charge in [0.05, 0.1) is 14.2 Å². The largest absolute Gasteiger partial charge is 0.537 e. The molecule has 1 aromatic rings. The Balaban J connectivity index is 3.86. The quantitative estimate of drug-likeness (QED) is 0.635. The van der Waals surface area contributed by atoms with Gasteiger partial charge >= 0.3 is 16.5 Å². The van der Waals surface area contributed by atoms with E-state index >= 15 is 0 Å². The summed E-state index contributed by atoms with van der Waals surface area (Å²) < 4.78 is 15.6. The van der Waals surface area contributed by atoms with Crippen LogP contribution in [-0.2, 0) is 10.2 Å². The summed E-state index contributed by atoms with van der Waals surface area (Å²) in [6, 6.07) is 0. The van der Waals surface area contributed by atoms with Crippen molar-refractivity contribution in [1.29, 1.82) is 0 Å². The van der Waals surface area contributed by atoms with Gasteiger partial charge in [0.15, 0.2) is 11.5 Å². The van der Waals surface area contributed by atoms with Gasteiger partial charge < -0.3 is 13.9 Å². The van der Waals surface area contributed by atoms with E-state index in [0.29, 0.717) is 17.1 Å². The highest BCUT2D eigenvalue weighted by Crippen LogP contribution is 2.45. The van der Waals surface area contributed by atoms with Gasteiger partial charge in [0.1, 0.15) is 5.56 Å². The maximum Gasteiger partial charge on any atom is 0.342 e. The van der Waals surface area contributed by atoms with E-state index in [0.717, 1.165) is 16.7 Å². The van der Waals surface area contributed by atoms with Crippen molar-refractivity contribution in [2.24, 2.45) is 0 Å². The lowest BCUT2D eigenvalue weighted by atomic mass is 9.80. The first kappa shape index (κ1) is 16.6. The first-order valence-corrected chi connectivity index (χ1v) is 6.75. The Bertz CT molecular complexity index is 530. The van der Waals surface area contributed by atoms with Crippen molar-refractivity contribution in [2.75, 3.05) is 14.2 Å². The van der Waals surface area contributed by atoms with Gasteiger partial charge in [0.2, 0.25) is 0 Å². The van der Waals surface area contributed by atoms with E-state index in [-0.39, 0.29) is 5.41 Å². The average molecular weight is 293 g/mol. The summed E-state index contributed by atoms with van der Waals surface area (Å²) in [5, 5.41) is 0. The number of benzene rings is 1. The molecule has 4 nitrogen and oxygen atoms in total. The molecule has 0 aliphatic carbocycles. The fraction of sp³-hybridized carbons (Fsp3) is 0.533. The molecule has 0 fully saturated rings. The van der Waals surface area contributed by atoms with Crippen molar-refractivity contribution < 1.29 is 18.7 Å². The number of hydrogen-bond acceptors (Lipinski definition) is 4. The molecule has 3 radical (unpaired) electrons. The van der Waals surface area contributed by atoms with Crippen LogP contribution in [0.3, 0.4) is 0 Å². The fourth-order valence-corrected chi connectivity index (χ4v) is 2.68. The SMILES string of the molecule is COC(=O)c1c(C)c(C)c(C(C)(C)C)c(OC)c1O[Si]. The molecule has 1 rings (SSSR count). The average Bonchev–Trinajstić information content (AvgIpc) is 2.38. The molecule has 5 heteroatoms. The Kier molecular flexibility index (Phi) is 4.86. The normalized spacial score (nSPS) is 11.2. The number of esters is 1. The molecule has 0 aromatic heterocycles. The summed E-state index contributed by atoms with van der Waals surface area (Å²) in [4.78, 5) is 12.0. The van der Waals surface area contributed by atoms with Crippen molar-refractivity contribution >= 4 is 16.5 Å². The third-order valence-corrected chi connectivity index (χ3v) is 3.62. The van der Waals surface area contributed by atoms with E-state index in [1.54, 1.807) is 7.11 Å². The summed E-state index contributed by atoms with van der Waals surface area (Å²) >= 11 is 0. The zero-order valence-electron chi connectivity index (χ0n) is 13.1. The summed E-state index contributed by atoms with van der Waals surface area (Å²) in [5.41, 5.74) is 3.08. The second kappa shape index (κ2) is 5.87. The third-order valence-electron chi connectivity index (χ3n) is 3.42. The van der Waals surface area contributed by atoms with Crippen LogP contribution in [0.4, 0.5) is 0 Å². The summed E-state index contributed by atoms with van der Waals surface area (Å²) in [6.07, 6.45) is 0. The maximum atomic E-state index is 12.0. The Labute approximate surface area is 124 Å².